The maximum Gasteiger partial charge on any atom is 0.261 e. The molecule has 0 spiro atoms. The predicted octanol–water partition coefficient (Wildman–Crippen LogP) is 3.05. The van der Waals surface area contributed by atoms with Gasteiger partial charge in [-0.3, -0.25) is 14.9 Å². The van der Waals surface area contributed by atoms with Crippen LogP contribution in [0.15, 0.2) is 60.8 Å². The number of hydrogen-bond donors (Lipinski definition) is 2. The molecule has 3 heterocycles. The Morgan fingerprint density at radius 2 is 1.63 bits per heavy atom. The summed E-state index contributed by atoms with van der Waals surface area (Å²) in [5.74, 6) is -0.721. The third kappa shape index (κ3) is 2.69. The molecule has 150 valence electrons. The van der Waals surface area contributed by atoms with E-state index >= 15 is 0 Å². The van der Waals surface area contributed by atoms with Gasteiger partial charge < -0.3 is 14.9 Å². The van der Waals surface area contributed by atoms with Crippen LogP contribution in [0.5, 0.6) is 0 Å². The molecule has 6 nitrogen and oxygen atoms in total. The van der Waals surface area contributed by atoms with Crippen LogP contribution in [0.4, 0.5) is 0 Å². The molecule has 0 atom stereocenters. The number of carbonyl (C=O) groups is 2. The van der Waals surface area contributed by atoms with Gasteiger partial charge in [-0.05, 0) is 31.2 Å². The van der Waals surface area contributed by atoms with Crippen LogP contribution in [0.2, 0.25) is 0 Å². The van der Waals surface area contributed by atoms with Crippen LogP contribution in [0.25, 0.3) is 33.0 Å². The number of carbonyl (C=O) groups excluding carboxylic acids is 2. The molecule has 0 saturated heterocycles. The average Bonchev–Trinajstić information content (AvgIpc) is 3.37. The summed E-state index contributed by atoms with van der Waals surface area (Å²) < 4.78 is 4.08. The molecule has 2 aromatic heterocycles. The van der Waals surface area contributed by atoms with Gasteiger partial charge in [-0.2, -0.15) is 0 Å². The summed E-state index contributed by atoms with van der Waals surface area (Å²) in [5.41, 5.74) is 10.2. The van der Waals surface area contributed by atoms with Crippen LogP contribution >= 0.6 is 0 Å². The van der Waals surface area contributed by atoms with Crippen LogP contribution < -0.4 is 11.1 Å². The van der Waals surface area contributed by atoms with Crippen LogP contribution in [-0.2, 0) is 23.2 Å². The minimum atomic E-state index is -0.361. The predicted molar refractivity (Wildman–Crippen MR) is 118 cm³/mol. The van der Waals surface area contributed by atoms with Gasteiger partial charge in [0.1, 0.15) is 0 Å². The Morgan fingerprint density at radius 1 is 0.933 bits per heavy atom. The second-order valence-corrected chi connectivity index (χ2v) is 7.59. The summed E-state index contributed by atoms with van der Waals surface area (Å²) in [7, 11) is 1.94. The maximum atomic E-state index is 13.0. The first-order chi connectivity index (χ1) is 14.6. The molecule has 0 saturated carbocycles. The van der Waals surface area contributed by atoms with Gasteiger partial charge in [-0.15, -0.1) is 0 Å². The molecular formula is C24H22N4O2. The molecule has 3 N–H and O–H groups in total. The van der Waals surface area contributed by atoms with Crippen molar-refractivity contribution in [2.24, 2.45) is 12.8 Å². The Kier molecular flexibility index (Phi) is 4.29. The lowest BCUT2D eigenvalue weighted by Gasteiger charge is -2.11. The molecule has 0 unspecified atom stereocenters. The minimum Gasteiger partial charge on any atom is -0.350 e. The van der Waals surface area contributed by atoms with Crippen molar-refractivity contribution in [1.29, 1.82) is 0 Å². The minimum absolute atomic E-state index is 0.359. The lowest BCUT2D eigenvalue weighted by atomic mass is 9.99. The number of fused-ring (bicyclic) bond motifs is 2. The first kappa shape index (κ1) is 18.4. The summed E-state index contributed by atoms with van der Waals surface area (Å²) >= 11 is 0. The van der Waals surface area contributed by atoms with Crippen molar-refractivity contribution in [3.63, 3.8) is 0 Å². The van der Waals surface area contributed by atoms with Crippen molar-refractivity contribution in [2.75, 3.05) is 6.54 Å². The van der Waals surface area contributed by atoms with Gasteiger partial charge >= 0.3 is 0 Å². The number of aryl methyl sites for hydroxylation is 2. The lowest BCUT2D eigenvalue weighted by Crippen LogP contribution is -2.23. The molecule has 5 rings (SSSR count). The highest BCUT2D eigenvalue weighted by Crippen LogP contribution is 2.37. The number of nitrogens with zero attached hydrogens (tertiary/aromatic N) is 2. The van der Waals surface area contributed by atoms with E-state index in [9.17, 15) is 9.59 Å². The first-order valence-electron chi connectivity index (χ1n) is 10.0. The molecular weight excluding hydrogens is 376 g/mol. The van der Waals surface area contributed by atoms with Crippen LogP contribution in [-0.4, -0.2) is 27.5 Å². The highest BCUT2D eigenvalue weighted by molar-refractivity contribution is 6.50. The van der Waals surface area contributed by atoms with E-state index in [4.69, 9.17) is 5.73 Å². The van der Waals surface area contributed by atoms with E-state index in [0.717, 1.165) is 39.5 Å². The molecule has 0 fully saturated rings. The number of amides is 2. The standard InChI is InChI=1S/C24H22N4O2/c1-27-14-17(16-8-3-5-10-19(16)27)21-22(24(30)26-23(21)29)20-13-15-7-2-4-9-18(15)28(20)12-6-11-25/h2-5,7-10,13-14H,6,11-12,25H2,1H3,(H,26,29,30). The molecule has 1 aliphatic heterocycles. The zero-order chi connectivity index (χ0) is 20.8. The highest BCUT2D eigenvalue weighted by Gasteiger charge is 2.35. The third-order valence-electron chi connectivity index (χ3n) is 5.75. The lowest BCUT2D eigenvalue weighted by molar-refractivity contribution is -0.122. The van der Waals surface area contributed by atoms with E-state index in [0.29, 0.717) is 24.2 Å². The Morgan fingerprint density at radius 3 is 2.43 bits per heavy atom. The summed E-state index contributed by atoms with van der Waals surface area (Å²) in [5, 5.41) is 4.49. The fraction of sp³-hybridized carbons (Fsp3) is 0.167. The normalized spacial score (nSPS) is 14.3. The quantitative estimate of drug-likeness (QED) is 0.507. The summed E-state index contributed by atoms with van der Waals surface area (Å²) in [6, 6.07) is 17.9. The molecule has 2 aromatic carbocycles. The Labute approximate surface area is 173 Å². The van der Waals surface area contributed by atoms with Gasteiger partial charge in [0, 0.05) is 47.2 Å². The van der Waals surface area contributed by atoms with E-state index in [1.54, 1.807) is 0 Å². The number of nitrogens with one attached hydrogen (secondary N) is 1. The van der Waals surface area contributed by atoms with Crippen LogP contribution in [0, 0.1) is 0 Å². The van der Waals surface area contributed by atoms with Crippen molar-refractivity contribution < 1.29 is 9.59 Å². The second kappa shape index (κ2) is 7.00. The van der Waals surface area contributed by atoms with E-state index in [1.165, 1.54) is 0 Å². The number of rotatable bonds is 5. The van der Waals surface area contributed by atoms with Crippen LogP contribution in [0.3, 0.4) is 0 Å². The van der Waals surface area contributed by atoms with Gasteiger partial charge in [0.2, 0.25) is 0 Å². The number of hydrogen-bond acceptors (Lipinski definition) is 3. The van der Waals surface area contributed by atoms with Gasteiger partial charge in [0.25, 0.3) is 11.8 Å². The summed E-state index contributed by atoms with van der Waals surface area (Å²) in [6.07, 6.45) is 2.70. The number of benzene rings is 2. The zero-order valence-corrected chi connectivity index (χ0v) is 16.7. The zero-order valence-electron chi connectivity index (χ0n) is 16.7. The monoisotopic (exact) mass is 398 g/mol. The molecule has 0 aliphatic carbocycles. The second-order valence-electron chi connectivity index (χ2n) is 7.59. The molecule has 30 heavy (non-hydrogen) atoms. The third-order valence-corrected chi connectivity index (χ3v) is 5.75. The Bertz CT molecular complexity index is 1360. The number of para-hydroxylation sites is 2. The van der Waals surface area contributed by atoms with E-state index in [2.05, 4.69) is 9.88 Å². The fourth-order valence-electron chi connectivity index (χ4n) is 4.41. The fourth-order valence-corrected chi connectivity index (χ4v) is 4.41. The van der Waals surface area contributed by atoms with Gasteiger partial charge in [-0.25, -0.2) is 0 Å². The van der Waals surface area contributed by atoms with E-state index in [1.807, 2.05) is 72.4 Å². The topological polar surface area (TPSA) is 82.0 Å². The maximum absolute atomic E-state index is 13.0. The first-order valence-corrected chi connectivity index (χ1v) is 10.0. The van der Waals surface area contributed by atoms with Crippen molar-refractivity contribution in [1.82, 2.24) is 14.5 Å². The largest absolute Gasteiger partial charge is 0.350 e. The Hall–Kier alpha value is -3.64. The molecule has 0 bridgehead atoms. The summed E-state index contributed by atoms with van der Waals surface area (Å²) in [6.45, 7) is 1.22. The van der Waals surface area contributed by atoms with Gasteiger partial charge in [-0.1, -0.05) is 36.4 Å². The van der Waals surface area contributed by atoms with Crippen molar-refractivity contribution in [3.8, 4) is 0 Å². The van der Waals surface area contributed by atoms with Crippen LogP contribution in [0.1, 0.15) is 17.7 Å². The number of imide groups is 1. The summed E-state index contributed by atoms with van der Waals surface area (Å²) in [4.78, 5) is 25.9. The Balaban J connectivity index is 1.82. The molecule has 6 heteroatoms. The van der Waals surface area contributed by atoms with Crippen molar-refractivity contribution in [2.45, 2.75) is 13.0 Å². The average molecular weight is 398 g/mol. The van der Waals surface area contributed by atoms with Gasteiger partial charge in [0.15, 0.2) is 0 Å². The molecule has 4 aromatic rings. The number of aromatic nitrogens is 2. The van der Waals surface area contributed by atoms with Crippen molar-refractivity contribution >= 4 is 44.8 Å². The van der Waals surface area contributed by atoms with Gasteiger partial charge in [0.05, 0.1) is 16.8 Å². The van der Waals surface area contributed by atoms with E-state index < -0.39 is 0 Å². The molecule has 2 amide bonds. The van der Waals surface area contributed by atoms with E-state index in [-0.39, 0.29) is 11.8 Å². The molecule has 0 radical (unpaired) electrons. The smallest absolute Gasteiger partial charge is 0.261 e. The SMILES string of the molecule is Cn1cc(C2=C(c3cc4ccccc4n3CCCN)C(=O)NC2=O)c2ccccc21. The number of nitrogens with two attached hydrogens (primary N) is 1. The molecule has 1 aliphatic rings. The highest BCUT2D eigenvalue weighted by atomic mass is 16.2. The van der Waals surface area contributed by atoms with Crippen molar-refractivity contribution in [3.05, 3.63) is 72.1 Å².